The second kappa shape index (κ2) is 3.96. The Morgan fingerprint density at radius 2 is 2.36 bits per heavy atom. The fourth-order valence-electron chi connectivity index (χ4n) is 1.59. The number of ether oxygens (including phenoxy) is 1. The molecule has 1 aromatic heterocycles. The summed E-state index contributed by atoms with van der Waals surface area (Å²) >= 11 is 3.37. The van der Waals surface area contributed by atoms with E-state index in [9.17, 15) is 0 Å². The van der Waals surface area contributed by atoms with Crippen LogP contribution in [0.4, 0.5) is 0 Å². The van der Waals surface area contributed by atoms with Gasteiger partial charge >= 0.3 is 0 Å². The predicted octanol–water partition coefficient (Wildman–Crippen LogP) is 1.37. The number of nitrogens with zero attached hydrogens (tertiary/aromatic N) is 1. The first kappa shape index (κ1) is 10.1. The standard InChI is InChI=1S/C10H13BrN2O/c1-14-10(6-12-7-10)4-9-3-2-8(11)5-13-9/h2-3,5,12H,4,6-7H2,1H3. The summed E-state index contributed by atoms with van der Waals surface area (Å²) in [4.78, 5) is 4.34. The third kappa shape index (κ3) is 1.97. The van der Waals surface area contributed by atoms with Gasteiger partial charge in [0.25, 0.3) is 0 Å². The molecule has 0 atom stereocenters. The van der Waals surface area contributed by atoms with Crippen molar-refractivity contribution in [1.29, 1.82) is 0 Å². The Balaban J connectivity index is 2.06. The van der Waals surface area contributed by atoms with Crippen LogP contribution in [0.3, 0.4) is 0 Å². The summed E-state index contributed by atoms with van der Waals surface area (Å²) in [5.74, 6) is 0. The molecule has 1 N–H and O–H groups in total. The number of hydrogen-bond donors (Lipinski definition) is 1. The lowest BCUT2D eigenvalue weighted by molar-refractivity contribution is -0.0508. The van der Waals surface area contributed by atoms with E-state index in [2.05, 4.69) is 26.2 Å². The second-order valence-electron chi connectivity index (χ2n) is 3.64. The summed E-state index contributed by atoms with van der Waals surface area (Å²) in [6.45, 7) is 1.84. The molecular weight excluding hydrogens is 244 g/mol. The smallest absolute Gasteiger partial charge is 0.0981 e. The zero-order valence-corrected chi connectivity index (χ0v) is 9.67. The number of methoxy groups -OCH3 is 1. The highest BCUT2D eigenvalue weighted by atomic mass is 79.9. The van der Waals surface area contributed by atoms with Crippen LogP contribution in [0.1, 0.15) is 5.69 Å². The Kier molecular flexibility index (Phi) is 2.85. The molecule has 3 nitrogen and oxygen atoms in total. The van der Waals surface area contributed by atoms with Crippen molar-refractivity contribution >= 4 is 15.9 Å². The van der Waals surface area contributed by atoms with Crippen LogP contribution >= 0.6 is 15.9 Å². The molecule has 0 radical (unpaired) electrons. The van der Waals surface area contributed by atoms with Gasteiger partial charge in [0.2, 0.25) is 0 Å². The Hall–Kier alpha value is -0.450. The molecule has 0 aliphatic carbocycles. The molecule has 2 rings (SSSR count). The molecule has 1 fully saturated rings. The van der Waals surface area contributed by atoms with Gasteiger partial charge in [-0.3, -0.25) is 4.98 Å². The minimum atomic E-state index is -0.0270. The van der Waals surface area contributed by atoms with Crippen molar-refractivity contribution in [3.05, 3.63) is 28.5 Å². The second-order valence-corrected chi connectivity index (χ2v) is 4.55. The van der Waals surface area contributed by atoms with E-state index in [1.807, 2.05) is 18.3 Å². The molecule has 1 saturated heterocycles. The van der Waals surface area contributed by atoms with Gasteiger partial charge in [-0.2, -0.15) is 0 Å². The minimum Gasteiger partial charge on any atom is -0.375 e. The quantitative estimate of drug-likeness (QED) is 0.888. The molecule has 1 aliphatic rings. The van der Waals surface area contributed by atoms with Crippen LogP contribution in [-0.4, -0.2) is 30.8 Å². The zero-order chi connectivity index (χ0) is 10.0. The van der Waals surface area contributed by atoms with Gasteiger partial charge < -0.3 is 10.1 Å². The highest BCUT2D eigenvalue weighted by Gasteiger charge is 2.37. The summed E-state index contributed by atoms with van der Waals surface area (Å²) in [6, 6.07) is 4.04. The maximum Gasteiger partial charge on any atom is 0.0981 e. The van der Waals surface area contributed by atoms with Gasteiger partial charge in [-0.05, 0) is 28.1 Å². The molecule has 76 valence electrons. The van der Waals surface area contributed by atoms with E-state index in [1.54, 1.807) is 7.11 Å². The maximum atomic E-state index is 5.49. The third-order valence-electron chi connectivity index (χ3n) is 2.62. The average Bonchev–Trinajstić information content (AvgIpc) is 2.15. The van der Waals surface area contributed by atoms with E-state index in [0.29, 0.717) is 0 Å². The number of halogens is 1. The normalized spacial score (nSPS) is 19.0. The molecule has 0 aromatic carbocycles. The van der Waals surface area contributed by atoms with Gasteiger partial charge in [0, 0.05) is 43.0 Å². The largest absolute Gasteiger partial charge is 0.375 e. The first-order valence-electron chi connectivity index (χ1n) is 4.60. The SMILES string of the molecule is COC1(Cc2ccc(Br)cn2)CNC1. The van der Waals surface area contributed by atoms with E-state index in [4.69, 9.17) is 4.74 Å². The lowest BCUT2D eigenvalue weighted by Gasteiger charge is -2.41. The van der Waals surface area contributed by atoms with E-state index < -0.39 is 0 Å². The van der Waals surface area contributed by atoms with Crippen molar-refractivity contribution in [3.63, 3.8) is 0 Å². The Morgan fingerprint density at radius 1 is 1.57 bits per heavy atom. The molecule has 0 spiro atoms. The number of hydrogen-bond acceptors (Lipinski definition) is 3. The highest BCUT2D eigenvalue weighted by Crippen LogP contribution is 2.21. The van der Waals surface area contributed by atoms with Crippen LogP contribution in [-0.2, 0) is 11.2 Å². The van der Waals surface area contributed by atoms with Crippen molar-refractivity contribution in [3.8, 4) is 0 Å². The van der Waals surface area contributed by atoms with E-state index in [1.165, 1.54) is 0 Å². The summed E-state index contributed by atoms with van der Waals surface area (Å²) in [5.41, 5.74) is 1.05. The minimum absolute atomic E-state index is 0.0270. The van der Waals surface area contributed by atoms with Gasteiger partial charge in [0.15, 0.2) is 0 Å². The Labute approximate surface area is 92.0 Å². The van der Waals surface area contributed by atoms with E-state index in [-0.39, 0.29) is 5.60 Å². The molecule has 14 heavy (non-hydrogen) atoms. The van der Waals surface area contributed by atoms with Crippen LogP contribution in [0.5, 0.6) is 0 Å². The summed E-state index contributed by atoms with van der Waals surface area (Å²) in [7, 11) is 1.76. The van der Waals surface area contributed by atoms with Crippen molar-refractivity contribution < 1.29 is 4.74 Å². The molecule has 0 saturated carbocycles. The Morgan fingerprint density at radius 3 is 2.79 bits per heavy atom. The van der Waals surface area contributed by atoms with Crippen LogP contribution in [0.15, 0.2) is 22.8 Å². The van der Waals surface area contributed by atoms with Crippen LogP contribution < -0.4 is 5.32 Å². The third-order valence-corrected chi connectivity index (χ3v) is 3.09. The summed E-state index contributed by atoms with van der Waals surface area (Å²) < 4.78 is 6.51. The maximum absolute atomic E-state index is 5.49. The summed E-state index contributed by atoms with van der Waals surface area (Å²) in [6.07, 6.45) is 2.70. The Bertz CT molecular complexity index is 303. The first-order chi connectivity index (χ1) is 6.74. The van der Waals surface area contributed by atoms with E-state index >= 15 is 0 Å². The fourth-order valence-corrected chi connectivity index (χ4v) is 1.82. The molecule has 0 amide bonds. The number of nitrogens with one attached hydrogen (secondary N) is 1. The summed E-state index contributed by atoms with van der Waals surface area (Å²) in [5, 5.41) is 3.22. The van der Waals surface area contributed by atoms with Gasteiger partial charge in [0.1, 0.15) is 0 Å². The molecular formula is C10H13BrN2O. The zero-order valence-electron chi connectivity index (χ0n) is 8.09. The van der Waals surface area contributed by atoms with Crippen molar-refractivity contribution in [2.45, 2.75) is 12.0 Å². The molecule has 2 heterocycles. The van der Waals surface area contributed by atoms with Crippen molar-refractivity contribution in [2.24, 2.45) is 0 Å². The predicted molar refractivity (Wildman–Crippen MR) is 58.3 cm³/mol. The molecule has 4 heteroatoms. The molecule has 1 aromatic rings. The average molecular weight is 257 g/mol. The highest BCUT2D eigenvalue weighted by molar-refractivity contribution is 9.10. The lowest BCUT2D eigenvalue weighted by Crippen LogP contribution is -2.61. The van der Waals surface area contributed by atoms with Gasteiger partial charge in [-0.1, -0.05) is 0 Å². The van der Waals surface area contributed by atoms with Gasteiger partial charge in [-0.15, -0.1) is 0 Å². The van der Waals surface area contributed by atoms with Crippen molar-refractivity contribution in [1.82, 2.24) is 10.3 Å². The first-order valence-corrected chi connectivity index (χ1v) is 5.40. The van der Waals surface area contributed by atoms with Crippen LogP contribution in [0, 0.1) is 0 Å². The number of rotatable bonds is 3. The number of aromatic nitrogens is 1. The van der Waals surface area contributed by atoms with Crippen molar-refractivity contribution in [2.75, 3.05) is 20.2 Å². The van der Waals surface area contributed by atoms with Crippen LogP contribution in [0.25, 0.3) is 0 Å². The van der Waals surface area contributed by atoms with E-state index in [0.717, 1.165) is 29.7 Å². The molecule has 0 bridgehead atoms. The monoisotopic (exact) mass is 256 g/mol. The number of pyridine rings is 1. The van der Waals surface area contributed by atoms with Crippen LogP contribution in [0.2, 0.25) is 0 Å². The van der Waals surface area contributed by atoms with Gasteiger partial charge in [0.05, 0.1) is 5.60 Å². The fraction of sp³-hybridized carbons (Fsp3) is 0.500. The molecule has 0 unspecified atom stereocenters. The van der Waals surface area contributed by atoms with Gasteiger partial charge in [-0.25, -0.2) is 0 Å². The lowest BCUT2D eigenvalue weighted by atomic mass is 9.91. The topological polar surface area (TPSA) is 34.1 Å². The molecule has 1 aliphatic heterocycles.